The largest absolute Gasteiger partial charge is 0.440 e. The summed E-state index contributed by atoms with van der Waals surface area (Å²) in [6.45, 7) is 3.05. The molecule has 0 aliphatic carbocycles. The van der Waals surface area contributed by atoms with Crippen molar-refractivity contribution < 1.29 is 9.21 Å². The lowest BCUT2D eigenvalue weighted by molar-refractivity contribution is -0.119. The Kier molecular flexibility index (Phi) is 4.11. The molecule has 1 amide bonds. The molecule has 3 heterocycles. The first-order valence-electron chi connectivity index (χ1n) is 8.25. The topological polar surface area (TPSA) is 58.4 Å². The van der Waals surface area contributed by atoms with Gasteiger partial charge >= 0.3 is 0 Å². The third-order valence-electron chi connectivity index (χ3n) is 4.87. The Morgan fingerprint density at radius 1 is 1.30 bits per heavy atom. The molecule has 1 aromatic heterocycles. The number of piperidine rings is 1. The zero-order valence-corrected chi connectivity index (χ0v) is 14.5. The van der Waals surface area contributed by atoms with Gasteiger partial charge in [-0.05, 0) is 50.6 Å². The molecule has 0 radical (unpaired) electrons. The monoisotopic (exact) mass is 377 g/mol. The van der Waals surface area contributed by atoms with Gasteiger partial charge in [-0.15, -0.1) is 0 Å². The Bertz CT molecular complexity index is 722. The quantitative estimate of drug-likeness (QED) is 0.892. The van der Waals surface area contributed by atoms with Gasteiger partial charge in [0.15, 0.2) is 11.5 Å². The van der Waals surface area contributed by atoms with Crippen LogP contribution in [0.4, 0.5) is 0 Å². The molecule has 4 rings (SSSR count). The van der Waals surface area contributed by atoms with E-state index in [1.165, 1.54) is 0 Å². The van der Waals surface area contributed by atoms with Crippen LogP contribution in [-0.2, 0) is 4.79 Å². The van der Waals surface area contributed by atoms with Crippen LogP contribution in [0.2, 0.25) is 0 Å². The number of oxazole rings is 1. The zero-order valence-electron chi connectivity index (χ0n) is 12.9. The summed E-state index contributed by atoms with van der Waals surface area (Å²) in [5.41, 5.74) is 1.78. The molecule has 2 aliphatic heterocycles. The molecule has 6 heteroatoms. The van der Waals surface area contributed by atoms with Crippen LogP contribution in [0.5, 0.6) is 0 Å². The first kappa shape index (κ1) is 15.1. The van der Waals surface area contributed by atoms with Crippen molar-refractivity contribution in [3.63, 3.8) is 0 Å². The summed E-state index contributed by atoms with van der Waals surface area (Å²) >= 11 is 3.47. The van der Waals surface area contributed by atoms with E-state index >= 15 is 0 Å². The van der Waals surface area contributed by atoms with Crippen LogP contribution in [0.15, 0.2) is 27.1 Å². The van der Waals surface area contributed by atoms with E-state index in [9.17, 15) is 4.79 Å². The Morgan fingerprint density at radius 2 is 2.13 bits per heavy atom. The zero-order chi connectivity index (χ0) is 15.8. The Morgan fingerprint density at radius 3 is 2.87 bits per heavy atom. The Hall–Kier alpha value is -1.40. The van der Waals surface area contributed by atoms with E-state index in [2.05, 4.69) is 31.1 Å². The van der Waals surface area contributed by atoms with E-state index in [1.807, 2.05) is 18.2 Å². The fourth-order valence-electron chi connectivity index (χ4n) is 3.58. The smallest absolute Gasteiger partial charge is 0.220 e. The van der Waals surface area contributed by atoms with Gasteiger partial charge in [0.25, 0.3) is 0 Å². The lowest BCUT2D eigenvalue weighted by Gasteiger charge is -2.32. The second-order valence-electron chi connectivity index (χ2n) is 6.54. The van der Waals surface area contributed by atoms with Crippen LogP contribution in [0.25, 0.3) is 11.1 Å². The molecule has 1 atom stereocenters. The third-order valence-corrected chi connectivity index (χ3v) is 5.36. The predicted octanol–water partition coefficient (Wildman–Crippen LogP) is 3.05. The van der Waals surface area contributed by atoms with Gasteiger partial charge in [0.2, 0.25) is 5.91 Å². The minimum Gasteiger partial charge on any atom is -0.440 e. The molecule has 5 nitrogen and oxygen atoms in total. The first-order valence-corrected chi connectivity index (χ1v) is 9.04. The van der Waals surface area contributed by atoms with Crippen molar-refractivity contribution in [1.82, 2.24) is 15.2 Å². The number of likely N-dealkylation sites (tertiary alicyclic amines) is 1. The Labute approximate surface area is 143 Å². The average molecular weight is 378 g/mol. The van der Waals surface area contributed by atoms with E-state index in [0.717, 1.165) is 60.4 Å². The lowest BCUT2D eigenvalue weighted by atomic mass is 9.96. The van der Waals surface area contributed by atoms with Crippen LogP contribution in [0.3, 0.4) is 0 Å². The molecule has 2 saturated heterocycles. The molecule has 2 fully saturated rings. The van der Waals surface area contributed by atoms with Crippen molar-refractivity contribution in [2.75, 3.05) is 19.6 Å². The van der Waals surface area contributed by atoms with Crippen molar-refractivity contribution >= 4 is 32.9 Å². The summed E-state index contributed by atoms with van der Waals surface area (Å²) in [7, 11) is 0. The molecule has 0 spiro atoms. The standard InChI is InChI=1S/C17H20BrN3O2/c18-12-1-3-15-14(9-12)20-17(23-15)11-5-7-21(8-6-11)10-13-2-4-16(22)19-13/h1,3,9,11,13H,2,4-8,10H2,(H,19,22). The van der Waals surface area contributed by atoms with Crippen molar-refractivity contribution in [3.05, 3.63) is 28.6 Å². The number of benzene rings is 1. The normalized spacial score (nSPS) is 23.5. The SMILES string of the molecule is O=C1CCC(CN2CCC(c3nc4cc(Br)ccc4o3)CC2)N1. The molecule has 122 valence electrons. The van der Waals surface area contributed by atoms with Crippen LogP contribution in [-0.4, -0.2) is 41.5 Å². The van der Waals surface area contributed by atoms with Gasteiger partial charge in [0.05, 0.1) is 0 Å². The van der Waals surface area contributed by atoms with Crippen LogP contribution < -0.4 is 5.32 Å². The van der Waals surface area contributed by atoms with Crippen LogP contribution in [0.1, 0.15) is 37.5 Å². The second kappa shape index (κ2) is 6.24. The molecular weight excluding hydrogens is 358 g/mol. The molecule has 1 unspecified atom stereocenters. The van der Waals surface area contributed by atoms with E-state index in [-0.39, 0.29) is 5.91 Å². The average Bonchev–Trinajstić information content (AvgIpc) is 3.14. The molecule has 23 heavy (non-hydrogen) atoms. The highest BCUT2D eigenvalue weighted by Gasteiger charge is 2.28. The van der Waals surface area contributed by atoms with E-state index in [4.69, 9.17) is 4.42 Å². The summed E-state index contributed by atoms with van der Waals surface area (Å²) in [4.78, 5) is 18.4. The van der Waals surface area contributed by atoms with Gasteiger partial charge in [-0.2, -0.15) is 0 Å². The van der Waals surface area contributed by atoms with Gasteiger partial charge in [-0.1, -0.05) is 15.9 Å². The highest BCUT2D eigenvalue weighted by molar-refractivity contribution is 9.10. The number of aromatic nitrogens is 1. The molecule has 0 saturated carbocycles. The van der Waals surface area contributed by atoms with E-state index in [0.29, 0.717) is 18.4 Å². The van der Waals surface area contributed by atoms with Crippen molar-refractivity contribution in [1.29, 1.82) is 0 Å². The molecule has 2 aromatic rings. The maximum absolute atomic E-state index is 11.3. The minimum absolute atomic E-state index is 0.197. The number of fused-ring (bicyclic) bond motifs is 1. The number of halogens is 1. The van der Waals surface area contributed by atoms with Crippen LogP contribution in [0, 0.1) is 0 Å². The van der Waals surface area contributed by atoms with Crippen molar-refractivity contribution in [3.8, 4) is 0 Å². The summed E-state index contributed by atoms with van der Waals surface area (Å²) in [5, 5.41) is 3.05. The molecule has 0 bridgehead atoms. The van der Waals surface area contributed by atoms with Crippen LogP contribution >= 0.6 is 15.9 Å². The van der Waals surface area contributed by atoms with Crippen molar-refractivity contribution in [2.24, 2.45) is 0 Å². The molecule has 1 N–H and O–H groups in total. The number of nitrogens with zero attached hydrogens (tertiary/aromatic N) is 2. The molecule has 2 aliphatic rings. The van der Waals surface area contributed by atoms with Gasteiger partial charge in [0.1, 0.15) is 5.52 Å². The van der Waals surface area contributed by atoms with Gasteiger partial charge in [0, 0.05) is 29.4 Å². The predicted molar refractivity (Wildman–Crippen MR) is 91.3 cm³/mol. The highest BCUT2D eigenvalue weighted by Crippen LogP contribution is 2.31. The first-order chi connectivity index (χ1) is 11.2. The fourth-order valence-corrected chi connectivity index (χ4v) is 3.93. The van der Waals surface area contributed by atoms with Crippen molar-refractivity contribution in [2.45, 2.75) is 37.6 Å². The molecular formula is C17H20BrN3O2. The number of amides is 1. The summed E-state index contributed by atoms with van der Waals surface area (Å²) in [6.07, 6.45) is 3.78. The number of carbonyl (C=O) groups excluding carboxylic acids is 1. The number of nitrogens with one attached hydrogen (secondary N) is 1. The fraction of sp³-hybridized carbons (Fsp3) is 0.529. The lowest BCUT2D eigenvalue weighted by Crippen LogP contribution is -2.42. The van der Waals surface area contributed by atoms with E-state index < -0.39 is 0 Å². The molecule has 1 aromatic carbocycles. The third kappa shape index (κ3) is 3.28. The number of rotatable bonds is 3. The van der Waals surface area contributed by atoms with E-state index in [1.54, 1.807) is 0 Å². The highest BCUT2D eigenvalue weighted by atomic mass is 79.9. The summed E-state index contributed by atoms with van der Waals surface area (Å²) in [6, 6.07) is 6.28. The summed E-state index contributed by atoms with van der Waals surface area (Å²) < 4.78 is 6.96. The summed E-state index contributed by atoms with van der Waals surface area (Å²) in [5.74, 6) is 1.46. The maximum atomic E-state index is 11.3. The van der Waals surface area contributed by atoms with Gasteiger partial charge in [-0.3, -0.25) is 4.79 Å². The van der Waals surface area contributed by atoms with Gasteiger partial charge < -0.3 is 14.6 Å². The number of hydrogen-bond acceptors (Lipinski definition) is 4. The second-order valence-corrected chi connectivity index (χ2v) is 7.46. The Balaban J connectivity index is 1.37. The number of hydrogen-bond donors (Lipinski definition) is 1. The minimum atomic E-state index is 0.197. The number of carbonyl (C=O) groups is 1. The maximum Gasteiger partial charge on any atom is 0.220 e. The van der Waals surface area contributed by atoms with Gasteiger partial charge in [-0.25, -0.2) is 4.98 Å².